The van der Waals surface area contributed by atoms with Crippen molar-refractivity contribution in [2.75, 3.05) is 6.54 Å². The molecule has 1 amide bonds. The Kier molecular flexibility index (Phi) is 4.64. The van der Waals surface area contributed by atoms with Crippen molar-refractivity contribution in [1.82, 2.24) is 9.88 Å². The van der Waals surface area contributed by atoms with Crippen LogP contribution in [0.1, 0.15) is 40.6 Å². The molecule has 1 heterocycles. The van der Waals surface area contributed by atoms with E-state index in [1.165, 1.54) is 11.3 Å². The Morgan fingerprint density at radius 3 is 2.59 bits per heavy atom. The number of carbonyl (C=O) groups excluding carboxylic acids is 1. The van der Waals surface area contributed by atoms with Gasteiger partial charge in [-0.25, -0.2) is 4.98 Å². The first kappa shape index (κ1) is 13.7. The molecule has 0 N–H and O–H groups in total. The van der Waals surface area contributed by atoms with Crippen molar-refractivity contribution in [2.45, 2.75) is 40.2 Å². The summed E-state index contributed by atoms with van der Waals surface area (Å²) in [4.78, 5) is 19.0. The lowest BCUT2D eigenvalue weighted by atomic mass is 10.2. The van der Waals surface area contributed by atoms with Gasteiger partial charge in [-0.2, -0.15) is 5.26 Å². The average molecular weight is 251 g/mol. The molecule has 1 rings (SSSR count). The molecule has 0 radical (unpaired) electrons. The summed E-state index contributed by atoms with van der Waals surface area (Å²) in [5.74, 6) is -0.0154. The van der Waals surface area contributed by atoms with E-state index in [4.69, 9.17) is 5.26 Å². The molecule has 92 valence electrons. The van der Waals surface area contributed by atoms with E-state index >= 15 is 0 Å². The summed E-state index contributed by atoms with van der Waals surface area (Å²) in [6, 6.07) is 2.17. The van der Waals surface area contributed by atoms with Crippen molar-refractivity contribution in [3.8, 4) is 6.07 Å². The Balaban J connectivity index is 2.92. The summed E-state index contributed by atoms with van der Waals surface area (Å²) in [6.45, 7) is 8.13. The van der Waals surface area contributed by atoms with Gasteiger partial charge in [-0.05, 0) is 27.7 Å². The Hall–Kier alpha value is -1.41. The summed E-state index contributed by atoms with van der Waals surface area (Å²) < 4.78 is 0. The highest BCUT2D eigenvalue weighted by molar-refractivity contribution is 7.13. The molecule has 0 unspecified atom stereocenters. The van der Waals surface area contributed by atoms with E-state index in [0.29, 0.717) is 17.8 Å². The molecular weight excluding hydrogens is 234 g/mol. The van der Waals surface area contributed by atoms with Crippen LogP contribution in [0, 0.1) is 25.2 Å². The van der Waals surface area contributed by atoms with E-state index in [1.807, 2.05) is 27.7 Å². The van der Waals surface area contributed by atoms with Crippen LogP contribution in [0.5, 0.6) is 0 Å². The monoisotopic (exact) mass is 251 g/mol. The SMILES string of the molecule is Cc1nc(C)c(C(=O)N(CCC#N)C(C)C)s1. The first-order chi connectivity index (χ1) is 7.97. The minimum absolute atomic E-state index is 0.0154. The standard InChI is InChI=1S/C12H17N3OS/c1-8(2)15(7-5-6-13)12(16)11-9(3)14-10(4)17-11/h8H,5,7H2,1-4H3. The summed E-state index contributed by atoms with van der Waals surface area (Å²) in [6.07, 6.45) is 0.362. The number of hydrogen-bond acceptors (Lipinski definition) is 4. The zero-order valence-electron chi connectivity index (χ0n) is 10.6. The van der Waals surface area contributed by atoms with E-state index in [9.17, 15) is 4.79 Å². The van der Waals surface area contributed by atoms with Crippen LogP contribution in [0.15, 0.2) is 0 Å². The number of nitrogens with zero attached hydrogens (tertiary/aromatic N) is 3. The third-order valence-electron chi connectivity index (χ3n) is 2.45. The molecule has 0 saturated heterocycles. The lowest BCUT2D eigenvalue weighted by Gasteiger charge is -2.25. The molecule has 0 aromatic carbocycles. The van der Waals surface area contributed by atoms with Crippen LogP contribution < -0.4 is 0 Å². The van der Waals surface area contributed by atoms with Crippen LogP contribution in [0.4, 0.5) is 0 Å². The highest BCUT2D eigenvalue weighted by Crippen LogP contribution is 2.20. The van der Waals surface area contributed by atoms with Crippen molar-refractivity contribution >= 4 is 17.2 Å². The van der Waals surface area contributed by atoms with Crippen LogP contribution in [-0.2, 0) is 0 Å². The van der Waals surface area contributed by atoms with Gasteiger partial charge in [0.1, 0.15) is 4.88 Å². The van der Waals surface area contributed by atoms with Crippen LogP contribution in [0.2, 0.25) is 0 Å². The molecule has 0 aliphatic rings. The maximum Gasteiger partial charge on any atom is 0.266 e. The number of hydrogen-bond donors (Lipinski definition) is 0. The highest BCUT2D eigenvalue weighted by atomic mass is 32.1. The van der Waals surface area contributed by atoms with E-state index in [1.54, 1.807) is 4.90 Å². The molecule has 1 aromatic heterocycles. The van der Waals surface area contributed by atoms with Gasteiger partial charge in [0.2, 0.25) is 0 Å². The van der Waals surface area contributed by atoms with Gasteiger partial charge in [0.25, 0.3) is 5.91 Å². The van der Waals surface area contributed by atoms with Gasteiger partial charge in [0, 0.05) is 12.6 Å². The molecule has 0 spiro atoms. The largest absolute Gasteiger partial charge is 0.334 e. The lowest BCUT2D eigenvalue weighted by Crippen LogP contribution is -2.37. The summed E-state index contributed by atoms with van der Waals surface area (Å²) >= 11 is 1.42. The number of rotatable bonds is 4. The van der Waals surface area contributed by atoms with Crippen molar-refractivity contribution in [2.24, 2.45) is 0 Å². The first-order valence-corrected chi connectivity index (χ1v) is 6.41. The predicted molar refractivity (Wildman–Crippen MR) is 68.0 cm³/mol. The van der Waals surface area contributed by atoms with Gasteiger partial charge in [-0.1, -0.05) is 0 Å². The average Bonchev–Trinajstić information content (AvgIpc) is 2.57. The van der Waals surface area contributed by atoms with Crippen molar-refractivity contribution in [3.63, 3.8) is 0 Å². The summed E-state index contributed by atoms with van der Waals surface area (Å²) in [5.41, 5.74) is 0.778. The Labute approximate surface area is 106 Å². The van der Waals surface area contributed by atoms with Gasteiger partial charge in [0.05, 0.1) is 23.2 Å². The molecule has 5 heteroatoms. The molecule has 0 bridgehead atoms. The third-order valence-corrected chi connectivity index (χ3v) is 3.51. The highest BCUT2D eigenvalue weighted by Gasteiger charge is 2.22. The molecule has 0 aliphatic carbocycles. The fourth-order valence-electron chi connectivity index (χ4n) is 1.62. The number of aromatic nitrogens is 1. The minimum atomic E-state index is -0.0154. The maximum absolute atomic E-state index is 12.3. The number of nitriles is 1. The van der Waals surface area contributed by atoms with Crippen LogP contribution >= 0.6 is 11.3 Å². The quantitative estimate of drug-likeness (QED) is 0.826. The predicted octanol–water partition coefficient (Wildman–Crippen LogP) is 2.52. The molecule has 4 nitrogen and oxygen atoms in total. The zero-order chi connectivity index (χ0) is 13.0. The normalized spacial score (nSPS) is 10.4. The zero-order valence-corrected chi connectivity index (χ0v) is 11.5. The van der Waals surface area contributed by atoms with Crippen LogP contribution in [-0.4, -0.2) is 28.4 Å². The maximum atomic E-state index is 12.3. The second-order valence-corrected chi connectivity index (χ2v) is 5.35. The Morgan fingerprint density at radius 2 is 2.18 bits per heavy atom. The minimum Gasteiger partial charge on any atom is -0.334 e. The van der Waals surface area contributed by atoms with Gasteiger partial charge in [-0.3, -0.25) is 4.79 Å². The number of amides is 1. The lowest BCUT2D eigenvalue weighted by molar-refractivity contribution is 0.0714. The van der Waals surface area contributed by atoms with E-state index < -0.39 is 0 Å². The van der Waals surface area contributed by atoms with Crippen molar-refractivity contribution in [1.29, 1.82) is 5.26 Å². The van der Waals surface area contributed by atoms with Crippen LogP contribution in [0.25, 0.3) is 0 Å². The topological polar surface area (TPSA) is 57.0 Å². The summed E-state index contributed by atoms with van der Waals surface area (Å²) in [5, 5.41) is 9.51. The van der Waals surface area contributed by atoms with Crippen molar-refractivity contribution < 1.29 is 4.79 Å². The number of carbonyl (C=O) groups is 1. The molecule has 0 fully saturated rings. The molecule has 0 saturated carbocycles. The van der Waals surface area contributed by atoms with E-state index in [2.05, 4.69) is 11.1 Å². The fourth-order valence-corrected chi connectivity index (χ4v) is 2.50. The third kappa shape index (κ3) is 3.27. The first-order valence-electron chi connectivity index (χ1n) is 5.59. The van der Waals surface area contributed by atoms with E-state index in [0.717, 1.165) is 10.7 Å². The fraction of sp³-hybridized carbons (Fsp3) is 0.583. The Morgan fingerprint density at radius 1 is 1.53 bits per heavy atom. The number of aryl methyl sites for hydroxylation is 2. The van der Waals surface area contributed by atoms with Gasteiger partial charge < -0.3 is 4.90 Å². The molecule has 0 atom stereocenters. The summed E-state index contributed by atoms with van der Waals surface area (Å²) in [7, 11) is 0. The van der Waals surface area contributed by atoms with E-state index in [-0.39, 0.29) is 11.9 Å². The van der Waals surface area contributed by atoms with Gasteiger partial charge >= 0.3 is 0 Å². The Bertz CT molecular complexity index is 445. The molecular formula is C12H17N3OS. The smallest absolute Gasteiger partial charge is 0.266 e. The second-order valence-electron chi connectivity index (χ2n) is 4.15. The molecule has 17 heavy (non-hydrogen) atoms. The van der Waals surface area contributed by atoms with Crippen LogP contribution in [0.3, 0.4) is 0 Å². The molecule has 0 aliphatic heterocycles. The van der Waals surface area contributed by atoms with Gasteiger partial charge in [-0.15, -0.1) is 11.3 Å². The number of thiazole rings is 1. The van der Waals surface area contributed by atoms with Gasteiger partial charge in [0.15, 0.2) is 0 Å². The molecule has 1 aromatic rings. The van der Waals surface area contributed by atoms with Crippen molar-refractivity contribution in [3.05, 3.63) is 15.6 Å². The second kappa shape index (κ2) is 5.78.